The van der Waals surface area contributed by atoms with Crippen molar-refractivity contribution in [1.82, 2.24) is 0 Å². The maximum Gasteiger partial charge on any atom is 0.476 e. The molecule has 0 saturated heterocycles. The number of rotatable bonds is 9. The molecule has 0 unspecified atom stereocenters. The highest BCUT2D eigenvalue weighted by molar-refractivity contribution is 7.69. The van der Waals surface area contributed by atoms with Gasteiger partial charge in [0.1, 0.15) is 8.31 Å². The first-order chi connectivity index (χ1) is 12.1. The summed E-state index contributed by atoms with van der Waals surface area (Å²) in [7, 11) is -2.22. The van der Waals surface area contributed by atoms with Crippen molar-refractivity contribution in [2.45, 2.75) is 0 Å². The molecule has 0 bridgehead atoms. The molecular formula is C19H26O3Si3. The van der Waals surface area contributed by atoms with Crippen molar-refractivity contribution in [2.24, 2.45) is 0 Å². The third kappa shape index (κ3) is 3.41. The Labute approximate surface area is 154 Å². The molecule has 2 aromatic rings. The third-order valence-corrected chi connectivity index (χ3v) is 30.1. The van der Waals surface area contributed by atoms with Crippen LogP contribution in [-0.4, -0.2) is 45.1 Å². The van der Waals surface area contributed by atoms with Crippen LogP contribution in [0.1, 0.15) is 0 Å². The normalized spacial score (nSPS) is 12.2. The van der Waals surface area contributed by atoms with Crippen molar-refractivity contribution < 1.29 is 13.3 Å². The van der Waals surface area contributed by atoms with Gasteiger partial charge < -0.3 is 13.3 Å². The summed E-state index contributed by atoms with van der Waals surface area (Å²) in [5, 5.41) is 2.64. The Kier molecular flexibility index (Phi) is 6.88. The van der Waals surface area contributed by atoms with Gasteiger partial charge in [0.15, 0.2) is 7.11 Å². The molecule has 0 aliphatic heterocycles. The molecule has 2 rings (SSSR count). The highest BCUT2D eigenvalue weighted by Gasteiger charge is 2.63. The summed E-state index contributed by atoms with van der Waals surface area (Å²) in [5.41, 5.74) is 4.11. The Morgan fingerprint density at radius 1 is 0.720 bits per heavy atom. The Hall–Kier alpha value is -1.55. The fraction of sp³-hybridized carbons (Fsp3) is 0.158. The minimum Gasteiger partial charge on any atom is -0.380 e. The lowest BCUT2D eigenvalue weighted by Gasteiger charge is -2.42. The van der Waals surface area contributed by atoms with Crippen LogP contribution in [-0.2, 0) is 13.3 Å². The van der Waals surface area contributed by atoms with Crippen LogP contribution in [0.25, 0.3) is 0 Å². The van der Waals surface area contributed by atoms with Crippen LogP contribution in [0.2, 0.25) is 0 Å². The molecule has 0 aliphatic carbocycles. The van der Waals surface area contributed by atoms with Crippen LogP contribution in [0.3, 0.4) is 0 Å². The molecular weight excluding hydrogens is 360 g/mol. The topological polar surface area (TPSA) is 27.7 Å². The Balaban J connectivity index is 2.80. The van der Waals surface area contributed by atoms with Gasteiger partial charge >= 0.3 is 8.32 Å². The predicted molar refractivity (Wildman–Crippen MR) is 112 cm³/mol. The van der Waals surface area contributed by atoms with Gasteiger partial charge in [0.05, 0.1) is 0 Å². The molecule has 0 spiro atoms. The first-order valence-corrected chi connectivity index (χ1v) is 16.0. The number of benzene rings is 2. The molecule has 0 saturated carbocycles. The fourth-order valence-electron chi connectivity index (χ4n) is 3.56. The molecule has 25 heavy (non-hydrogen) atoms. The first-order valence-electron chi connectivity index (χ1n) is 8.17. The average Bonchev–Trinajstić information content (AvgIpc) is 2.70. The van der Waals surface area contributed by atoms with E-state index in [1.54, 1.807) is 21.3 Å². The third-order valence-electron chi connectivity index (χ3n) is 4.76. The van der Waals surface area contributed by atoms with E-state index in [-0.39, 0.29) is 0 Å². The Morgan fingerprint density at radius 3 is 1.36 bits per heavy atom. The number of hydrogen-bond acceptors (Lipinski definition) is 3. The maximum absolute atomic E-state index is 5.96. The largest absolute Gasteiger partial charge is 0.476 e. The zero-order valence-corrected chi connectivity index (χ0v) is 18.3. The van der Waals surface area contributed by atoms with E-state index in [2.05, 4.69) is 73.1 Å². The van der Waals surface area contributed by atoms with Gasteiger partial charge in [-0.3, -0.25) is 0 Å². The SMILES string of the molecule is C=C[Si](C=C)([SiH](c1ccccc1)c1ccccc1)[Si](OC)(OC)OC. The standard InChI is InChI=1S/C19H26O3Si3/c1-6-24(7-2,25(20-3,21-4)22-5)23(18-14-10-8-11-15-18)19-16-12-9-13-17-19/h6-17,23H,1-2H2,3-5H3. The second-order valence-electron chi connectivity index (χ2n) is 5.76. The van der Waals surface area contributed by atoms with Crippen LogP contribution in [0.4, 0.5) is 0 Å². The molecule has 3 nitrogen and oxygen atoms in total. The molecule has 0 amide bonds. The van der Waals surface area contributed by atoms with Gasteiger partial charge in [-0.2, -0.15) is 0 Å². The van der Waals surface area contributed by atoms with Gasteiger partial charge in [-0.25, -0.2) is 0 Å². The Morgan fingerprint density at radius 2 is 1.08 bits per heavy atom. The molecule has 2 aromatic carbocycles. The van der Waals surface area contributed by atoms with Crippen molar-refractivity contribution in [2.75, 3.05) is 21.3 Å². The van der Waals surface area contributed by atoms with E-state index in [1.165, 1.54) is 10.4 Å². The summed E-state index contributed by atoms with van der Waals surface area (Å²) in [6, 6.07) is 21.2. The number of hydrogen-bond donors (Lipinski definition) is 0. The van der Waals surface area contributed by atoms with Crippen molar-refractivity contribution >= 4 is 34.1 Å². The lowest BCUT2D eigenvalue weighted by molar-refractivity contribution is 0.147. The summed E-state index contributed by atoms with van der Waals surface area (Å²) in [6.45, 7) is 8.41. The maximum atomic E-state index is 5.96. The van der Waals surface area contributed by atoms with Crippen LogP contribution in [0.15, 0.2) is 85.2 Å². The van der Waals surface area contributed by atoms with Gasteiger partial charge in [0.25, 0.3) is 0 Å². The van der Waals surface area contributed by atoms with Crippen LogP contribution < -0.4 is 10.4 Å². The van der Waals surface area contributed by atoms with Crippen molar-refractivity contribution in [3.63, 3.8) is 0 Å². The molecule has 0 heterocycles. The minimum absolute atomic E-state index is 1.32. The van der Waals surface area contributed by atoms with Crippen LogP contribution in [0.5, 0.6) is 0 Å². The average molecular weight is 387 g/mol. The highest BCUT2D eigenvalue weighted by Crippen LogP contribution is 2.26. The van der Waals surface area contributed by atoms with E-state index in [4.69, 9.17) is 13.3 Å². The lowest BCUT2D eigenvalue weighted by atomic mass is 10.4. The molecule has 6 heteroatoms. The smallest absolute Gasteiger partial charge is 0.380 e. The van der Waals surface area contributed by atoms with E-state index in [9.17, 15) is 0 Å². The van der Waals surface area contributed by atoms with Gasteiger partial charge in [-0.1, -0.05) is 82.4 Å². The fourth-order valence-corrected chi connectivity index (χ4v) is 30.3. The summed E-state index contributed by atoms with van der Waals surface area (Å²) in [4.78, 5) is 0. The molecule has 0 radical (unpaired) electrons. The molecule has 0 fully saturated rings. The zero-order valence-electron chi connectivity index (χ0n) is 15.1. The van der Waals surface area contributed by atoms with Crippen molar-refractivity contribution in [3.05, 3.63) is 85.2 Å². The first kappa shape index (κ1) is 19.8. The quantitative estimate of drug-likeness (QED) is 0.617. The van der Waals surface area contributed by atoms with E-state index >= 15 is 0 Å². The van der Waals surface area contributed by atoms with Gasteiger partial charge in [0, 0.05) is 21.3 Å². The van der Waals surface area contributed by atoms with Crippen LogP contribution >= 0.6 is 0 Å². The lowest BCUT2D eigenvalue weighted by Crippen LogP contribution is -2.79. The molecule has 0 aromatic heterocycles. The molecule has 0 aliphatic rings. The van der Waals surface area contributed by atoms with Gasteiger partial charge in [0.2, 0.25) is 0 Å². The molecule has 0 N–H and O–H groups in total. The minimum atomic E-state index is -2.96. The van der Waals surface area contributed by atoms with E-state index in [0.29, 0.717) is 0 Å². The zero-order chi connectivity index (χ0) is 18.3. The monoisotopic (exact) mass is 386 g/mol. The summed E-state index contributed by atoms with van der Waals surface area (Å²) in [5.74, 6) is 0. The van der Waals surface area contributed by atoms with E-state index < -0.39 is 23.7 Å². The molecule has 0 atom stereocenters. The van der Waals surface area contributed by atoms with Crippen molar-refractivity contribution in [3.8, 4) is 0 Å². The summed E-state index contributed by atoms with van der Waals surface area (Å²) >= 11 is 0. The molecule has 132 valence electrons. The van der Waals surface area contributed by atoms with Crippen LogP contribution in [0, 0.1) is 0 Å². The van der Waals surface area contributed by atoms with Gasteiger partial charge in [-0.05, 0) is 0 Å². The van der Waals surface area contributed by atoms with E-state index in [0.717, 1.165) is 0 Å². The second-order valence-corrected chi connectivity index (χ2v) is 23.7. The second kappa shape index (κ2) is 8.70. The van der Waals surface area contributed by atoms with Gasteiger partial charge in [-0.15, -0.1) is 13.2 Å². The van der Waals surface area contributed by atoms with Crippen molar-refractivity contribution in [1.29, 1.82) is 0 Å². The predicted octanol–water partition coefficient (Wildman–Crippen LogP) is 1.96. The summed E-state index contributed by atoms with van der Waals surface area (Å²) in [6.07, 6.45) is 0. The highest BCUT2D eigenvalue weighted by atomic mass is 29.6. The summed E-state index contributed by atoms with van der Waals surface area (Å²) < 4.78 is 17.9. The Bertz CT molecular complexity index is 632. The van der Waals surface area contributed by atoms with E-state index in [1.807, 2.05) is 12.1 Å².